The molecule has 2 heterocycles. The molecule has 3 rings (SSSR count). The van der Waals surface area contributed by atoms with Crippen molar-refractivity contribution >= 4 is 29.2 Å². The number of aromatic nitrogens is 2. The molecule has 2 atom stereocenters. The van der Waals surface area contributed by atoms with Crippen molar-refractivity contribution in [2.75, 3.05) is 31.1 Å². The van der Waals surface area contributed by atoms with Gasteiger partial charge in [0.25, 0.3) is 0 Å². The molecule has 0 saturated carbocycles. The van der Waals surface area contributed by atoms with Gasteiger partial charge in [-0.3, -0.25) is 0 Å². The highest BCUT2D eigenvalue weighted by Gasteiger charge is 2.33. The first-order valence-electron chi connectivity index (χ1n) is 8.59. The summed E-state index contributed by atoms with van der Waals surface area (Å²) in [5, 5.41) is 4.40. The summed E-state index contributed by atoms with van der Waals surface area (Å²) in [5.41, 5.74) is 0.238. The average molecular weight is 419 g/mol. The fourth-order valence-corrected chi connectivity index (χ4v) is 3.63. The number of nitrogens with zero attached hydrogens (tertiary/aromatic N) is 3. The molecule has 0 unspecified atom stereocenters. The highest BCUT2D eigenvalue weighted by atomic mass is 35.5. The number of alkyl halides is 3. The Hall–Kier alpha value is -1.57. The van der Waals surface area contributed by atoms with Crippen LogP contribution in [0.3, 0.4) is 0 Å². The van der Waals surface area contributed by atoms with Gasteiger partial charge in [0.2, 0.25) is 5.95 Å². The van der Waals surface area contributed by atoms with E-state index in [9.17, 15) is 13.2 Å². The third-order valence-corrected chi connectivity index (χ3v) is 5.54. The molecule has 146 valence electrons. The Bertz CT molecular complexity index is 783. The Morgan fingerprint density at radius 3 is 2.44 bits per heavy atom. The molecule has 0 bridgehead atoms. The van der Waals surface area contributed by atoms with Gasteiger partial charge in [0.1, 0.15) is 0 Å². The van der Waals surface area contributed by atoms with Crippen LogP contribution in [-0.4, -0.2) is 36.1 Å². The van der Waals surface area contributed by atoms with E-state index in [1.807, 2.05) is 24.0 Å². The monoisotopic (exact) mass is 418 g/mol. The lowest BCUT2D eigenvalue weighted by atomic mass is 9.88. The van der Waals surface area contributed by atoms with E-state index in [2.05, 4.69) is 15.3 Å². The summed E-state index contributed by atoms with van der Waals surface area (Å²) < 4.78 is 38.1. The van der Waals surface area contributed by atoms with Gasteiger partial charge in [0, 0.05) is 44.5 Å². The molecule has 1 aliphatic rings. The van der Waals surface area contributed by atoms with Crippen molar-refractivity contribution in [3.63, 3.8) is 0 Å². The highest BCUT2D eigenvalue weighted by molar-refractivity contribution is 6.42. The number of anilines is 1. The maximum Gasteiger partial charge on any atom is 0.419 e. The summed E-state index contributed by atoms with van der Waals surface area (Å²) in [6.07, 6.45) is -2.79. The SMILES string of the molecule is CCN(C[C@H]1CNC[C@@H]1c1ccc(Cl)c(Cl)c1)c1ncc(C(F)(F)F)cn1. The van der Waals surface area contributed by atoms with Gasteiger partial charge in [-0.05, 0) is 30.5 Å². The number of rotatable bonds is 5. The van der Waals surface area contributed by atoms with Gasteiger partial charge in [-0.2, -0.15) is 13.2 Å². The third kappa shape index (κ3) is 4.65. The lowest BCUT2D eigenvalue weighted by molar-refractivity contribution is -0.138. The van der Waals surface area contributed by atoms with E-state index in [1.165, 1.54) is 0 Å². The minimum Gasteiger partial charge on any atom is -0.341 e. The topological polar surface area (TPSA) is 41.0 Å². The van der Waals surface area contributed by atoms with Crippen molar-refractivity contribution in [3.05, 3.63) is 51.8 Å². The molecule has 0 amide bonds. The van der Waals surface area contributed by atoms with Crippen molar-refractivity contribution < 1.29 is 13.2 Å². The molecule has 1 aromatic heterocycles. The normalized spacial score (nSPS) is 20.1. The minimum absolute atomic E-state index is 0.225. The Morgan fingerprint density at radius 2 is 1.85 bits per heavy atom. The minimum atomic E-state index is -4.44. The summed E-state index contributed by atoms with van der Waals surface area (Å²) >= 11 is 12.1. The Balaban J connectivity index is 1.76. The molecule has 1 fully saturated rings. The van der Waals surface area contributed by atoms with Crippen LogP contribution in [0.1, 0.15) is 24.0 Å². The molecule has 0 spiro atoms. The van der Waals surface area contributed by atoms with Gasteiger partial charge in [-0.15, -0.1) is 0 Å². The van der Waals surface area contributed by atoms with E-state index in [4.69, 9.17) is 23.2 Å². The predicted octanol–water partition coefficient (Wildman–Crippen LogP) is 4.63. The summed E-state index contributed by atoms with van der Waals surface area (Å²) in [7, 11) is 0. The second-order valence-corrected chi connectivity index (χ2v) is 7.32. The smallest absolute Gasteiger partial charge is 0.341 e. The van der Waals surface area contributed by atoms with Crippen molar-refractivity contribution in [2.24, 2.45) is 5.92 Å². The highest BCUT2D eigenvalue weighted by Crippen LogP contribution is 2.33. The zero-order valence-electron chi connectivity index (χ0n) is 14.6. The molecule has 1 N–H and O–H groups in total. The number of halogens is 5. The van der Waals surface area contributed by atoms with Crippen molar-refractivity contribution in [2.45, 2.75) is 19.0 Å². The lowest BCUT2D eigenvalue weighted by Gasteiger charge is -2.27. The van der Waals surface area contributed by atoms with Crippen LogP contribution in [0.2, 0.25) is 10.0 Å². The Kier molecular flexibility index (Phi) is 6.13. The van der Waals surface area contributed by atoms with Crippen LogP contribution in [0.25, 0.3) is 0 Å². The van der Waals surface area contributed by atoms with E-state index >= 15 is 0 Å². The van der Waals surface area contributed by atoms with Gasteiger partial charge < -0.3 is 10.2 Å². The van der Waals surface area contributed by atoms with Gasteiger partial charge in [0.05, 0.1) is 15.6 Å². The molecular formula is C18H19Cl2F3N4. The zero-order valence-corrected chi connectivity index (χ0v) is 16.1. The van der Waals surface area contributed by atoms with Crippen LogP contribution < -0.4 is 10.2 Å². The largest absolute Gasteiger partial charge is 0.419 e. The van der Waals surface area contributed by atoms with Gasteiger partial charge in [-0.25, -0.2) is 9.97 Å². The molecule has 0 radical (unpaired) electrons. The standard InChI is InChI=1S/C18H19Cl2F3N4/c1-2-27(17-25-7-13(8-26-17)18(21,22)23)10-12-6-24-9-14(12)11-3-4-15(19)16(20)5-11/h3-5,7-8,12,14,24H,2,6,9-10H2,1H3/t12-,14-/m1/s1. The van der Waals surface area contributed by atoms with E-state index in [0.717, 1.165) is 31.0 Å². The number of hydrogen-bond acceptors (Lipinski definition) is 4. The molecular weight excluding hydrogens is 400 g/mol. The van der Waals surface area contributed by atoms with Crippen LogP contribution >= 0.6 is 23.2 Å². The van der Waals surface area contributed by atoms with Crippen LogP contribution in [0.5, 0.6) is 0 Å². The van der Waals surface area contributed by atoms with Crippen molar-refractivity contribution in [3.8, 4) is 0 Å². The van der Waals surface area contributed by atoms with Gasteiger partial charge in [0.15, 0.2) is 0 Å². The van der Waals surface area contributed by atoms with Crippen molar-refractivity contribution in [1.29, 1.82) is 0 Å². The van der Waals surface area contributed by atoms with Crippen molar-refractivity contribution in [1.82, 2.24) is 15.3 Å². The van der Waals surface area contributed by atoms with E-state index < -0.39 is 11.7 Å². The molecule has 0 aliphatic carbocycles. The molecule has 1 aromatic carbocycles. The number of benzene rings is 1. The summed E-state index contributed by atoms with van der Waals surface area (Å²) in [6.45, 7) is 4.74. The molecule has 9 heteroatoms. The third-order valence-electron chi connectivity index (χ3n) is 4.80. The van der Waals surface area contributed by atoms with E-state index in [0.29, 0.717) is 29.1 Å². The summed E-state index contributed by atoms with van der Waals surface area (Å²) in [5.74, 6) is 0.765. The molecule has 4 nitrogen and oxygen atoms in total. The summed E-state index contributed by atoms with van der Waals surface area (Å²) in [4.78, 5) is 9.73. The second kappa shape index (κ2) is 8.20. The quantitative estimate of drug-likeness (QED) is 0.768. The molecule has 2 aromatic rings. The van der Waals surface area contributed by atoms with Gasteiger partial charge >= 0.3 is 6.18 Å². The van der Waals surface area contributed by atoms with Gasteiger partial charge in [-0.1, -0.05) is 29.3 Å². The van der Waals surface area contributed by atoms with E-state index in [1.54, 1.807) is 6.07 Å². The number of nitrogens with one attached hydrogen (secondary N) is 1. The fourth-order valence-electron chi connectivity index (χ4n) is 3.32. The summed E-state index contributed by atoms with van der Waals surface area (Å²) in [6, 6.07) is 5.62. The van der Waals surface area contributed by atoms with Crippen LogP contribution in [0.4, 0.5) is 19.1 Å². The van der Waals surface area contributed by atoms with Crippen LogP contribution in [-0.2, 0) is 6.18 Å². The Morgan fingerprint density at radius 1 is 1.15 bits per heavy atom. The first-order valence-corrected chi connectivity index (χ1v) is 9.35. The average Bonchev–Trinajstić information content (AvgIpc) is 3.09. The van der Waals surface area contributed by atoms with Crippen LogP contribution in [0.15, 0.2) is 30.6 Å². The molecule has 1 aliphatic heterocycles. The van der Waals surface area contributed by atoms with Crippen LogP contribution in [0, 0.1) is 5.92 Å². The maximum absolute atomic E-state index is 12.7. The fraction of sp³-hybridized carbons (Fsp3) is 0.444. The zero-order chi connectivity index (χ0) is 19.6. The first kappa shape index (κ1) is 20.2. The van der Waals surface area contributed by atoms with E-state index in [-0.39, 0.29) is 11.8 Å². The number of hydrogen-bond donors (Lipinski definition) is 1. The Labute approximate surface area is 165 Å². The predicted molar refractivity (Wildman–Crippen MR) is 100 cm³/mol. The molecule has 27 heavy (non-hydrogen) atoms. The molecule has 1 saturated heterocycles. The lowest BCUT2D eigenvalue weighted by Crippen LogP contribution is -2.33. The maximum atomic E-state index is 12.7. The first-order chi connectivity index (χ1) is 12.8. The second-order valence-electron chi connectivity index (χ2n) is 6.51.